The van der Waals surface area contributed by atoms with E-state index in [0.717, 1.165) is 5.69 Å². The zero-order valence-corrected chi connectivity index (χ0v) is 12.9. The van der Waals surface area contributed by atoms with Crippen molar-refractivity contribution < 1.29 is 14.7 Å². The molecule has 0 spiro atoms. The first-order chi connectivity index (χ1) is 8.95. The Labute approximate surface area is 119 Å². The molecule has 1 amide bonds. The Kier molecular flexibility index (Phi) is 4.27. The second kappa shape index (κ2) is 5.26. The highest BCUT2D eigenvalue weighted by molar-refractivity contribution is 5.93. The van der Waals surface area contributed by atoms with Gasteiger partial charge in [0.2, 0.25) is 0 Å². The first-order valence-electron chi connectivity index (χ1n) is 6.51. The highest BCUT2D eigenvalue weighted by Gasteiger charge is 2.28. The van der Waals surface area contributed by atoms with Crippen LogP contribution >= 0.6 is 0 Å². The monoisotopic (exact) mass is 281 g/mol. The number of nitrogens with zero attached hydrogens (tertiary/aromatic N) is 2. The number of carboxylic acid groups (broad SMARTS) is 1. The molecule has 0 aliphatic heterocycles. The number of aryl methyl sites for hydroxylation is 1. The minimum absolute atomic E-state index is 0.0667. The minimum atomic E-state index is -0.999. The van der Waals surface area contributed by atoms with Crippen LogP contribution in [0.1, 0.15) is 50.8 Å². The number of rotatable bonds is 4. The van der Waals surface area contributed by atoms with Crippen LogP contribution in [0.15, 0.2) is 6.07 Å². The summed E-state index contributed by atoms with van der Waals surface area (Å²) in [6.07, 6.45) is 0. The molecule has 0 fully saturated rings. The molecular formula is C14H23N3O3. The van der Waals surface area contributed by atoms with E-state index < -0.39 is 11.4 Å². The molecule has 6 heteroatoms. The summed E-state index contributed by atoms with van der Waals surface area (Å²) < 4.78 is 1.52. The zero-order chi connectivity index (χ0) is 15.7. The van der Waals surface area contributed by atoms with E-state index in [1.54, 1.807) is 27.0 Å². The number of hydrogen-bond acceptors (Lipinski definition) is 3. The van der Waals surface area contributed by atoms with Crippen LogP contribution in [-0.2, 0) is 17.3 Å². The summed E-state index contributed by atoms with van der Waals surface area (Å²) in [7, 11) is 1.70. The van der Waals surface area contributed by atoms with Gasteiger partial charge in [-0.2, -0.15) is 5.10 Å². The van der Waals surface area contributed by atoms with Crippen molar-refractivity contribution in [3.63, 3.8) is 0 Å². The largest absolute Gasteiger partial charge is 0.481 e. The van der Waals surface area contributed by atoms with Crippen molar-refractivity contribution in [2.75, 3.05) is 6.54 Å². The molecule has 1 heterocycles. The number of aromatic nitrogens is 2. The van der Waals surface area contributed by atoms with E-state index in [0.29, 0.717) is 5.69 Å². The number of amides is 1. The Morgan fingerprint density at radius 2 is 1.85 bits per heavy atom. The summed E-state index contributed by atoms with van der Waals surface area (Å²) >= 11 is 0. The zero-order valence-electron chi connectivity index (χ0n) is 12.9. The molecule has 0 saturated carbocycles. The lowest BCUT2D eigenvalue weighted by Crippen LogP contribution is -2.39. The molecule has 0 aliphatic rings. The van der Waals surface area contributed by atoms with Crippen molar-refractivity contribution in [3.05, 3.63) is 17.5 Å². The third-order valence-corrected chi connectivity index (χ3v) is 3.15. The highest BCUT2D eigenvalue weighted by Crippen LogP contribution is 2.21. The van der Waals surface area contributed by atoms with Gasteiger partial charge in [0.05, 0.1) is 11.1 Å². The molecule has 0 atom stereocenters. The highest BCUT2D eigenvalue weighted by atomic mass is 16.4. The number of nitrogens with one attached hydrogen (secondary N) is 1. The molecular weight excluding hydrogens is 258 g/mol. The molecule has 0 unspecified atom stereocenters. The van der Waals surface area contributed by atoms with E-state index >= 15 is 0 Å². The van der Waals surface area contributed by atoms with Crippen LogP contribution in [-0.4, -0.2) is 33.3 Å². The molecule has 0 bridgehead atoms. The van der Waals surface area contributed by atoms with Crippen LogP contribution in [0.5, 0.6) is 0 Å². The predicted octanol–water partition coefficient (Wildman–Crippen LogP) is 1.56. The lowest BCUT2D eigenvalue weighted by atomic mass is 9.92. The van der Waals surface area contributed by atoms with Gasteiger partial charge in [-0.25, -0.2) is 0 Å². The van der Waals surface area contributed by atoms with Crippen molar-refractivity contribution in [2.24, 2.45) is 12.5 Å². The van der Waals surface area contributed by atoms with Crippen molar-refractivity contribution >= 4 is 11.9 Å². The SMILES string of the molecule is Cn1nc(C(C)(C)C)cc1C(=O)NCC(C)(C)C(=O)O. The van der Waals surface area contributed by atoms with Gasteiger partial charge in [-0.15, -0.1) is 0 Å². The molecule has 0 aromatic carbocycles. The summed E-state index contributed by atoms with van der Waals surface area (Å²) in [5.74, 6) is -1.26. The van der Waals surface area contributed by atoms with Crippen LogP contribution in [0.25, 0.3) is 0 Å². The van der Waals surface area contributed by atoms with Gasteiger partial charge in [0, 0.05) is 19.0 Å². The van der Waals surface area contributed by atoms with Crippen molar-refractivity contribution in [1.82, 2.24) is 15.1 Å². The van der Waals surface area contributed by atoms with Gasteiger partial charge in [-0.3, -0.25) is 14.3 Å². The Morgan fingerprint density at radius 1 is 1.30 bits per heavy atom. The molecule has 1 aromatic heterocycles. The lowest BCUT2D eigenvalue weighted by molar-refractivity contribution is -0.146. The minimum Gasteiger partial charge on any atom is -0.481 e. The molecule has 0 radical (unpaired) electrons. The van der Waals surface area contributed by atoms with E-state index in [2.05, 4.69) is 10.4 Å². The quantitative estimate of drug-likeness (QED) is 0.877. The summed E-state index contributed by atoms with van der Waals surface area (Å²) in [6, 6.07) is 1.74. The van der Waals surface area contributed by atoms with Crippen LogP contribution in [0.3, 0.4) is 0 Å². The van der Waals surface area contributed by atoms with Crippen LogP contribution in [0.4, 0.5) is 0 Å². The molecule has 0 aliphatic carbocycles. The molecule has 2 N–H and O–H groups in total. The number of hydrogen-bond donors (Lipinski definition) is 2. The Hall–Kier alpha value is -1.85. The van der Waals surface area contributed by atoms with Crippen molar-refractivity contribution in [1.29, 1.82) is 0 Å². The van der Waals surface area contributed by atoms with E-state index in [4.69, 9.17) is 5.11 Å². The molecule has 6 nitrogen and oxygen atoms in total. The first kappa shape index (κ1) is 16.2. The van der Waals surface area contributed by atoms with Crippen LogP contribution < -0.4 is 5.32 Å². The van der Waals surface area contributed by atoms with E-state index in [1.165, 1.54) is 4.68 Å². The lowest BCUT2D eigenvalue weighted by Gasteiger charge is -2.19. The fourth-order valence-electron chi connectivity index (χ4n) is 1.51. The summed E-state index contributed by atoms with van der Waals surface area (Å²) in [5.41, 5.74) is 0.108. The Balaban J connectivity index is 2.84. The van der Waals surface area contributed by atoms with Gasteiger partial charge in [0.1, 0.15) is 5.69 Å². The fraction of sp³-hybridized carbons (Fsp3) is 0.643. The number of carboxylic acids is 1. The molecule has 1 aromatic rings. The maximum atomic E-state index is 12.1. The second-order valence-electron chi connectivity index (χ2n) is 6.66. The molecule has 1 rings (SSSR count). The van der Waals surface area contributed by atoms with Gasteiger partial charge in [-0.05, 0) is 19.9 Å². The topological polar surface area (TPSA) is 84.2 Å². The van der Waals surface area contributed by atoms with Gasteiger partial charge in [-0.1, -0.05) is 20.8 Å². The standard InChI is InChI=1S/C14H23N3O3/c1-13(2,3)10-7-9(17(6)16-10)11(18)15-8-14(4,5)12(19)20/h7H,8H2,1-6H3,(H,15,18)(H,19,20). The smallest absolute Gasteiger partial charge is 0.310 e. The number of carbonyl (C=O) groups is 2. The average molecular weight is 281 g/mol. The van der Waals surface area contributed by atoms with Crippen molar-refractivity contribution in [3.8, 4) is 0 Å². The van der Waals surface area contributed by atoms with E-state index in [-0.39, 0.29) is 17.9 Å². The van der Waals surface area contributed by atoms with Gasteiger partial charge >= 0.3 is 5.97 Å². The molecule has 112 valence electrons. The third-order valence-electron chi connectivity index (χ3n) is 3.15. The van der Waals surface area contributed by atoms with Gasteiger partial charge in [0.15, 0.2) is 0 Å². The second-order valence-corrected chi connectivity index (χ2v) is 6.66. The molecule has 0 saturated heterocycles. The summed E-state index contributed by atoms with van der Waals surface area (Å²) in [6.45, 7) is 9.26. The number of aliphatic carboxylic acids is 1. The summed E-state index contributed by atoms with van der Waals surface area (Å²) in [4.78, 5) is 23.1. The van der Waals surface area contributed by atoms with Crippen LogP contribution in [0.2, 0.25) is 0 Å². The molecule has 20 heavy (non-hydrogen) atoms. The predicted molar refractivity (Wildman–Crippen MR) is 75.7 cm³/mol. The Morgan fingerprint density at radius 3 is 2.25 bits per heavy atom. The number of carbonyl (C=O) groups excluding carboxylic acids is 1. The van der Waals surface area contributed by atoms with Crippen LogP contribution in [0, 0.1) is 5.41 Å². The normalized spacial score (nSPS) is 12.3. The van der Waals surface area contributed by atoms with E-state index in [1.807, 2.05) is 20.8 Å². The summed E-state index contributed by atoms with van der Waals surface area (Å²) in [5, 5.41) is 16.0. The fourth-order valence-corrected chi connectivity index (χ4v) is 1.51. The van der Waals surface area contributed by atoms with Gasteiger partial charge in [0.25, 0.3) is 5.91 Å². The Bertz CT molecular complexity index is 524. The maximum Gasteiger partial charge on any atom is 0.310 e. The van der Waals surface area contributed by atoms with E-state index in [9.17, 15) is 9.59 Å². The van der Waals surface area contributed by atoms with Crippen molar-refractivity contribution in [2.45, 2.75) is 40.0 Å². The maximum absolute atomic E-state index is 12.1. The average Bonchev–Trinajstić information content (AvgIpc) is 2.68. The third kappa shape index (κ3) is 3.59. The van der Waals surface area contributed by atoms with Gasteiger partial charge < -0.3 is 10.4 Å². The first-order valence-corrected chi connectivity index (χ1v) is 6.51.